The number of fused-ring (bicyclic) bond motifs is 1. The summed E-state index contributed by atoms with van der Waals surface area (Å²) in [6.07, 6.45) is 4.59. The second kappa shape index (κ2) is 8.04. The maximum atomic E-state index is 12.7. The van der Waals surface area contributed by atoms with Gasteiger partial charge >= 0.3 is 0 Å². The van der Waals surface area contributed by atoms with Crippen molar-refractivity contribution in [1.29, 1.82) is 0 Å². The molecule has 0 saturated carbocycles. The molecule has 1 amide bonds. The first-order valence-electron chi connectivity index (χ1n) is 9.93. The number of carbonyl (C=O) groups excluding carboxylic acids is 1. The van der Waals surface area contributed by atoms with Crippen LogP contribution in [0.25, 0.3) is 0 Å². The van der Waals surface area contributed by atoms with Crippen molar-refractivity contribution in [2.24, 2.45) is 0 Å². The SMILES string of the molecule is CCC1CCCCN1c1nc(C)cc(C(=O)NCc2ccc3c(c2)OCO3)n1. The van der Waals surface area contributed by atoms with Crippen LogP contribution >= 0.6 is 0 Å². The lowest BCUT2D eigenvalue weighted by Crippen LogP contribution is -2.40. The summed E-state index contributed by atoms with van der Waals surface area (Å²) in [5.74, 6) is 1.91. The third-order valence-corrected chi connectivity index (χ3v) is 5.32. The van der Waals surface area contributed by atoms with E-state index in [0.29, 0.717) is 30.0 Å². The zero-order valence-electron chi connectivity index (χ0n) is 16.4. The predicted octanol–water partition coefficient (Wildman–Crippen LogP) is 3.21. The molecule has 1 fully saturated rings. The maximum absolute atomic E-state index is 12.7. The van der Waals surface area contributed by atoms with Crippen LogP contribution in [-0.2, 0) is 6.54 Å². The fourth-order valence-electron chi connectivity index (χ4n) is 3.81. The summed E-state index contributed by atoms with van der Waals surface area (Å²) < 4.78 is 10.7. The molecule has 7 heteroatoms. The molecule has 0 bridgehead atoms. The highest BCUT2D eigenvalue weighted by atomic mass is 16.7. The standard InChI is InChI=1S/C21H26N4O3/c1-3-16-6-4-5-9-25(16)21-23-14(2)10-17(24-21)20(26)22-12-15-7-8-18-19(11-15)28-13-27-18/h7-8,10-11,16H,3-6,9,12-13H2,1-2H3,(H,22,26). The molecule has 4 rings (SSSR count). The lowest BCUT2D eigenvalue weighted by atomic mass is 10.0. The normalized spacial score (nSPS) is 18.2. The summed E-state index contributed by atoms with van der Waals surface area (Å²) >= 11 is 0. The minimum atomic E-state index is -0.200. The molecule has 2 aromatic rings. The molecule has 2 aliphatic rings. The third-order valence-electron chi connectivity index (χ3n) is 5.32. The Hall–Kier alpha value is -2.83. The summed E-state index contributed by atoms with van der Waals surface area (Å²) in [7, 11) is 0. The van der Waals surface area contributed by atoms with Crippen LogP contribution < -0.4 is 19.7 Å². The summed E-state index contributed by atoms with van der Waals surface area (Å²) in [6.45, 7) is 5.68. The number of benzene rings is 1. The minimum absolute atomic E-state index is 0.200. The van der Waals surface area contributed by atoms with Crippen LogP contribution in [-0.4, -0.2) is 35.3 Å². The van der Waals surface area contributed by atoms with Crippen LogP contribution in [0.4, 0.5) is 5.95 Å². The van der Waals surface area contributed by atoms with E-state index in [4.69, 9.17) is 9.47 Å². The molecule has 148 valence electrons. The molecule has 7 nitrogen and oxygen atoms in total. The first-order chi connectivity index (χ1) is 13.6. The zero-order valence-corrected chi connectivity index (χ0v) is 16.4. The molecule has 1 N–H and O–H groups in total. The Bertz CT molecular complexity index is 871. The Balaban J connectivity index is 1.47. The minimum Gasteiger partial charge on any atom is -0.454 e. The number of aryl methyl sites for hydroxylation is 1. The third kappa shape index (κ3) is 3.88. The van der Waals surface area contributed by atoms with Crippen LogP contribution in [0.15, 0.2) is 24.3 Å². The molecule has 0 radical (unpaired) electrons. The van der Waals surface area contributed by atoms with Gasteiger partial charge in [-0.1, -0.05) is 13.0 Å². The van der Waals surface area contributed by atoms with Crippen molar-refractivity contribution in [3.05, 3.63) is 41.2 Å². The van der Waals surface area contributed by atoms with E-state index in [1.54, 1.807) is 6.07 Å². The van der Waals surface area contributed by atoms with E-state index in [-0.39, 0.29) is 12.7 Å². The van der Waals surface area contributed by atoms with Gasteiger partial charge in [0.25, 0.3) is 5.91 Å². The molecule has 28 heavy (non-hydrogen) atoms. The zero-order chi connectivity index (χ0) is 19.5. The van der Waals surface area contributed by atoms with E-state index in [2.05, 4.69) is 27.1 Å². The molecule has 1 aromatic heterocycles. The second-order valence-corrected chi connectivity index (χ2v) is 7.32. The summed E-state index contributed by atoms with van der Waals surface area (Å²) in [5, 5.41) is 2.94. The number of amides is 1. The number of rotatable bonds is 5. The number of aromatic nitrogens is 2. The van der Waals surface area contributed by atoms with Crippen molar-refractivity contribution in [1.82, 2.24) is 15.3 Å². The quantitative estimate of drug-likeness (QED) is 0.856. The van der Waals surface area contributed by atoms with Crippen LogP contribution in [0, 0.1) is 6.92 Å². The van der Waals surface area contributed by atoms with Crippen molar-refractivity contribution < 1.29 is 14.3 Å². The highest BCUT2D eigenvalue weighted by molar-refractivity contribution is 5.92. The Kier molecular flexibility index (Phi) is 5.32. The number of hydrogen-bond acceptors (Lipinski definition) is 6. The van der Waals surface area contributed by atoms with Gasteiger partial charge in [0.15, 0.2) is 11.5 Å². The number of anilines is 1. The molecular formula is C21H26N4O3. The van der Waals surface area contributed by atoms with E-state index >= 15 is 0 Å². The second-order valence-electron chi connectivity index (χ2n) is 7.32. The number of hydrogen-bond donors (Lipinski definition) is 1. The van der Waals surface area contributed by atoms with Gasteiger partial charge in [-0.2, -0.15) is 0 Å². The van der Waals surface area contributed by atoms with Gasteiger partial charge in [-0.05, 0) is 56.4 Å². The summed E-state index contributed by atoms with van der Waals surface area (Å²) in [5.41, 5.74) is 2.16. The monoisotopic (exact) mass is 382 g/mol. The Morgan fingerprint density at radius 1 is 1.21 bits per heavy atom. The Morgan fingerprint density at radius 2 is 2.07 bits per heavy atom. The van der Waals surface area contributed by atoms with Crippen molar-refractivity contribution in [3.63, 3.8) is 0 Å². The van der Waals surface area contributed by atoms with Crippen LogP contribution in [0.1, 0.15) is 54.4 Å². The highest BCUT2D eigenvalue weighted by Gasteiger charge is 2.24. The highest BCUT2D eigenvalue weighted by Crippen LogP contribution is 2.32. The number of carbonyl (C=O) groups is 1. The lowest BCUT2D eigenvalue weighted by Gasteiger charge is -2.35. The molecule has 1 saturated heterocycles. The topological polar surface area (TPSA) is 76.6 Å². The molecule has 1 atom stereocenters. The average molecular weight is 382 g/mol. The molecule has 0 aliphatic carbocycles. The van der Waals surface area contributed by atoms with Gasteiger partial charge in [-0.3, -0.25) is 4.79 Å². The Labute approximate surface area is 165 Å². The van der Waals surface area contributed by atoms with Gasteiger partial charge in [-0.15, -0.1) is 0 Å². The number of piperidine rings is 1. The lowest BCUT2D eigenvalue weighted by molar-refractivity contribution is 0.0945. The molecule has 3 heterocycles. The summed E-state index contributed by atoms with van der Waals surface area (Å²) in [4.78, 5) is 24.2. The van der Waals surface area contributed by atoms with E-state index in [9.17, 15) is 4.79 Å². The predicted molar refractivity (Wildman–Crippen MR) is 106 cm³/mol. The van der Waals surface area contributed by atoms with Crippen LogP contribution in [0.5, 0.6) is 11.5 Å². The van der Waals surface area contributed by atoms with Gasteiger partial charge < -0.3 is 19.7 Å². The fraction of sp³-hybridized carbons (Fsp3) is 0.476. The molecule has 1 unspecified atom stereocenters. The van der Waals surface area contributed by atoms with Gasteiger partial charge in [0, 0.05) is 24.8 Å². The van der Waals surface area contributed by atoms with E-state index in [0.717, 1.165) is 42.8 Å². The summed E-state index contributed by atoms with van der Waals surface area (Å²) in [6, 6.07) is 7.85. The number of ether oxygens (including phenoxy) is 2. The molecular weight excluding hydrogens is 356 g/mol. The van der Waals surface area contributed by atoms with Gasteiger partial charge in [0.1, 0.15) is 5.69 Å². The van der Waals surface area contributed by atoms with E-state index < -0.39 is 0 Å². The van der Waals surface area contributed by atoms with Crippen molar-refractivity contribution in [2.75, 3.05) is 18.2 Å². The van der Waals surface area contributed by atoms with Crippen LogP contribution in [0.2, 0.25) is 0 Å². The van der Waals surface area contributed by atoms with Gasteiger partial charge in [0.05, 0.1) is 0 Å². The molecule has 1 aromatic carbocycles. The smallest absolute Gasteiger partial charge is 0.270 e. The average Bonchev–Trinajstić information content (AvgIpc) is 3.19. The maximum Gasteiger partial charge on any atom is 0.270 e. The number of nitrogens with zero attached hydrogens (tertiary/aromatic N) is 3. The Morgan fingerprint density at radius 3 is 2.93 bits per heavy atom. The van der Waals surface area contributed by atoms with E-state index in [1.807, 2.05) is 25.1 Å². The molecule has 0 spiro atoms. The largest absolute Gasteiger partial charge is 0.454 e. The van der Waals surface area contributed by atoms with Crippen molar-refractivity contribution >= 4 is 11.9 Å². The first kappa shape index (κ1) is 18.5. The van der Waals surface area contributed by atoms with E-state index in [1.165, 1.54) is 6.42 Å². The number of nitrogens with one attached hydrogen (secondary N) is 1. The first-order valence-corrected chi connectivity index (χ1v) is 9.93. The van der Waals surface area contributed by atoms with Crippen LogP contribution in [0.3, 0.4) is 0 Å². The van der Waals surface area contributed by atoms with Gasteiger partial charge in [0.2, 0.25) is 12.7 Å². The van der Waals surface area contributed by atoms with Gasteiger partial charge in [-0.25, -0.2) is 9.97 Å². The molecule has 2 aliphatic heterocycles. The fourth-order valence-corrected chi connectivity index (χ4v) is 3.81. The van der Waals surface area contributed by atoms with Crippen molar-refractivity contribution in [2.45, 2.75) is 52.1 Å². The van der Waals surface area contributed by atoms with Crippen molar-refractivity contribution in [3.8, 4) is 11.5 Å².